The van der Waals surface area contributed by atoms with E-state index in [0.29, 0.717) is 25.1 Å². The van der Waals surface area contributed by atoms with Crippen LogP contribution in [0.5, 0.6) is 0 Å². The van der Waals surface area contributed by atoms with Crippen LogP contribution >= 0.6 is 10.7 Å². The fourth-order valence-electron chi connectivity index (χ4n) is 1.55. The average Bonchev–Trinajstić information content (AvgIpc) is 2.73. The number of hydrogen-bond donors (Lipinski definition) is 2. The fourth-order valence-corrected chi connectivity index (χ4v) is 2.86. The van der Waals surface area contributed by atoms with Crippen LogP contribution in [0.1, 0.15) is 29.5 Å². The zero-order valence-corrected chi connectivity index (χ0v) is 12.3. The van der Waals surface area contributed by atoms with Gasteiger partial charge in [0.25, 0.3) is 15.0 Å². The maximum Gasteiger partial charge on any atom is 0.273 e. The third-order valence-electron chi connectivity index (χ3n) is 2.34. The largest absolute Gasteiger partial charge is 0.383 e. The minimum Gasteiger partial charge on any atom is -0.383 e. The summed E-state index contributed by atoms with van der Waals surface area (Å²) >= 11 is 0. The number of H-pyrrole nitrogens is 1. The molecule has 1 amide bonds. The molecular weight excluding hydrogens is 294 g/mol. The van der Waals surface area contributed by atoms with Crippen molar-refractivity contribution in [2.24, 2.45) is 0 Å². The van der Waals surface area contributed by atoms with Gasteiger partial charge in [0.2, 0.25) is 0 Å². The van der Waals surface area contributed by atoms with E-state index in [4.69, 9.17) is 15.4 Å². The Labute approximate surface area is 116 Å². The number of nitrogens with one attached hydrogen (secondary N) is 2. The lowest BCUT2D eigenvalue weighted by atomic mass is 10.2. The Kier molecular flexibility index (Phi) is 5.77. The second-order valence-corrected chi connectivity index (χ2v) is 6.32. The lowest BCUT2D eigenvalue weighted by molar-refractivity contribution is 0.0929. The molecule has 1 heterocycles. The second kappa shape index (κ2) is 6.88. The molecule has 0 bridgehead atoms. The van der Waals surface area contributed by atoms with Gasteiger partial charge in [-0.25, -0.2) is 8.42 Å². The first kappa shape index (κ1) is 15.9. The highest BCUT2D eigenvalue weighted by Crippen LogP contribution is 2.23. The standard InChI is InChI=1S/C10H16ClN3O4S/c1-3-4-7-9(19(11,16)17)8(14-13-7)10(15)12-5-6-18-2/h3-6H2,1-2H3,(H,12,15)(H,13,14). The van der Waals surface area contributed by atoms with Gasteiger partial charge in [0.15, 0.2) is 5.69 Å². The molecule has 0 aromatic carbocycles. The molecule has 2 N–H and O–H groups in total. The number of aryl methyl sites for hydroxylation is 1. The van der Waals surface area contributed by atoms with Crippen molar-refractivity contribution in [2.45, 2.75) is 24.7 Å². The van der Waals surface area contributed by atoms with E-state index in [9.17, 15) is 13.2 Å². The molecule has 7 nitrogen and oxygen atoms in total. The predicted molar refractivity (Wildman–Crippen MR) is 69.8 cm³/mol. The van der Waals surface area contributed by atoms with Crippen LogP contribution in [-0.2, 0) is 20.2 Å². The molecule has 0 unspecified atom stereocenters. The van der Waals surface area contributed by atoms with Gasteiger partial charge in [-0.05, 0) is 6.42 Å². The van der Waals surface area contributed by atoms with Gasteiger partial charge in [0.1, 0.15) is 4.90 Å². The number of rotatable bonds is 7. The van der Waals surface area contributed by atoms with Gasteiger partial charge < -0.3 is 10.1 Å². The number of carbonyl (C=O) groups is 1. The Hall–Kier alpha value is -1.12. The van der Waals surface area contributed by atoms with Crippen molar-refractivity contribution in [3.8, 4) is 0 Å². The third kappa shape index (κ3) is 4.19. The van der Waals surface area contributed by atoms with Crippen LogP contribution in [0, 0.1) is 0 Å². The predicted octanol–water partition coefficient (Wildman–Crippen LogP) is 0.666. The van der Waals surface area contributed by atoms with Crippen LogP contribution in [0.25, 0.3) is 0 Å². The van der Waals surface area contributed by atoms with Crippen molar-refractivity contribution in [1.29, 1.82) is 0 Å². The van der Waals surface area contributed by atoms with Crippen LogP contribution in [0.4, 0.5) is 0 Å². The molecule has 1 aromatic rings. The van der Waals surface area contributed by atoms with E-state index in [1.807, 2.05) is 6.92 Å². The lowest BCUT2D eigenvalue weighted by Crippen LogP contribution is -2.28. The molecule has 0 aliphatic carbocycles. The van der Waals surface area contributed by atoms with E-state index < -0.39 is 15.0 Å². The summed E-state index contributed by atoms with van der Waals surface area (Å²) in [5.41, 5.74) is 0.129. The van der Waals surface area contributed by atoms with Gasteiger partial charge >= 0.3 is 0 Å². The van der Waals surface area contributed by atoms with Gasteiger partial charge in [-0.1, -0.05) is 13.3 Å². The van der Waals surface area contributed by atoms with E-state index in [0.717, 1.165) is 0 Å². The van der Waals surface area contributed by atoms with Gasteiger partial charge in [-0.2, -0.15) is 5.10 Å². The number of carbonyl (C=O) groups excluding carboxylic acids is 1. The summed E-state index contributed by atoms with van der Waals surface area (Å²) in [6, 6.07) is 0. The molecule has 0 aliphatic heterocycles. The smallest absolute Gasteiger partial charge is 0.273 e. The SMILES string of the molecule is CCCc1[nH]nc(C(=O)NCCOC)c1S(=O)(=O)Cl. The Bertz CT molecular complexity index is 541. The second-order valence-electron chi connectivity index (χ2n) is 3.82. The maximum atomic E-state index is 11.8. The molecule has 108 valence electrons. The monoisotopic (exact) mass is 309 g/mol. The maximum absolute atomic E-state index is 11.8. The van der Waals surface area contributed by atoms with Gasteiger partial charge in [-0.15, -0.1) is 0 Å². The molecule has 0 saturated carbocycles. The summed E-state index contributed by atoms with van der Waals surface area (Å²) in [4.78, 5) is 11.6. The van der Waals surface area contributed by atoms with Crippen molar-refractivity contribution in [2.75, 3.05) is 20.3 Å². The molecule has 0 fully saturated rings. The first-order valence-corrected chi connectivity index (χ1v) is 8.01. The van der Waals surface area contributed by atoms with E-state index in [-0.39, 0.29) is 17.1 Å². The van der Waals surface area contributed by atoms with E-state index >= 15 is 0 Å². The normalized spacial score (nSPS) is 11.5. The molecule has 9 heteroatoms. The zero-order valence-electron chi connectivity index (χ0n) is 10.7. The number of aromatic amines is 1. The number of halogens is 1. The quantitative estimate of drug-likeness (QED) is 0.569. The topological polar surface area (TPSA) is 101 Å². The molecule has 0 aliphatic rings. The van der Waals surface area contributed by atoms with Crippen molar-refractivity contribution in [1.82, 2.24) is 15.5 Å². The first-order chi connectivity index (χ1) is 8.91. The highest BCUT2D eigenvalue weighted by Gasteiger charge is 2.27. The highest BCUT2D eigenvalue weighted by atomic mass is 35.7. The van der Waals surface area contributed by atoms with E-state index in [2.05, 4.69) is 15.5 Å². The molecule has 0 spiro atoms. The Balaban J connectivity index is 3.04. The third-order valence-corrected chi connectivity index (χ3v) is 3.73. The van der Waals surface area contributed by atoms with Gasteiger partial charge in [0, 0.05) is 24.3 Å². The summed E-state index contributed by atoms with van der Waals surface area (Å²) in [5, 5.41) is 8.78. The molecule has 1 rings (SSSR count). The number of amides is 1. The fraction of sp³-hybridized carbons (Fsp3) is 0.600. The number of methoxy groups -OCH3 is 1. The van der Waals surface area contributed by atoms with Crippen LogP contribution in [0.3, 0.4) is 0 Å². The number of aromatic nitrogens is 2. The van der Waals surface area contributed by atoms with Crippen molar-refractivity contribution in [3.05, 3.63) is 11.4 Å². The van der Waals surface area contributed by atoms with E-state index in [1.54, 1.807) is 0 Å². The molecule has 0 radical (unpaired) electrons. The Morgan fingerprint density at radius 1 is 1.53 bits per heavy atom. The van der Waals surface area contributed by atoms with Crippen LogP contribution < -0.4 is 5.32 Å². The molecule has 0 atom stereocenters. The average molecular weight is 310 g/mol. The van der Waals surface area contributed by atoms with Crippen molar-refractivity contribution < 1.29 is 17.9 Å². The minimum absolute atomic E-state index is 0.213. The van der Waals surface area contributed by atoms with Crippen LogP contribution in [0.15, 0.2) is 4.90 Å². The van der Waals surface area contributed by atoms with Gasteiger partial charge in [-0.3, -0.25) is 9.89 Å². The number of ether oxygens (including phenoxy) is 1. The van der Waals surface area contributed by atoms with Crippen LogP contribution in [-0.4, -0.2) is 44.8 Å². The van der Waals surface area contributed by atoms with Crippen molar-refractivity contribution in [3.63, 3.8) is 0 Å². The minimum atomic E-state index is -4.03. The Morgan fingerprint density at radius 2 is 2.21 bits per heavy atom. The first-order valence-electron chi connectivity index (χ1n) is 5.70. The summed E-state index contributed by atoms with van der Waals surface area (Å²) in [6.07, 6.45) is 1.14. The molecule has 1 aromatic heterocycles. The highest BCUT2D eigenvalue weighted by molar-refractivity contribution is 8.13. The summed E-state index contributed by atoms with van der Waals surface area (Å²) in [7, 11) is 2.82. The molecule has 19 heavy (non-hydrogen) atoms. The van der Waals surface area contributed by atoms with Gasteiger partial charge in [0.05, 0.1) is 12.3 Å². The summed E-state index contributed by atoms with van der Waals surface area (Å²) < 4.78 is 27.9. The van der Waals surface area contributed by atoms with Crippen LogP contribution in [0.2, 0.25) is 0 Å². The lowest BCUT2D eigenvalue weighted by Gasteiger charge is -2.04. The summed E-state index contributed by atoms with van der Waals surface area (Å²) in [6.45, 7) is 2.46. The number of hydrogen-bond acceptors (Lipinski definition) is 5. The van der Waals surface area contributed by atoms with Crippen molar-refractivity contribution >= 4 is 25.6 Å². The zero-order chi connectivity index (χ0) is 14.5. The number of nitrogens with zero attached hydrogens (tertiary/aromatic N) is 1. The Morgan fingerprint density at radius 3 is 2.74 bits per heavy atom. The van der Waals surface area contributed by atoms with E-state index in [1.165, 1.54) is 7.11 Å². The molecule has 0 saturated heterocycles. The summed E-state index contributed by atoms with van der Waals surface area (Å²) in [5.74, 6) is -0.602. The molecular formula is C10H16ClN3O4S.